The molecule has 0 radical (unpaired) electrons. The lowest BCUT2D eigenvalue weighted by Gasteiger charge is -2.42. The van der Waals surface area contributed by atoms with E-state index < -0.39 is 29.9 Å². The number of carbonyl (C=O) groups excluding carboxylic acids is 3. The van der Waals surface area contributed by atoms with Gasteiger partial charge in [-0.15, -0.1) is 4.65 Å². The fraction of sp³-hybridized carbons (Fsp3) is 0.375. The lowest BCUT2D eigenvalue weighted by atomic mass is 10.0. The second kappa shape index (κ2) is 11.5. The third-order valence-electron chi connectivity index (χ3n) is 5.83. The van der Waals surface area contributed by atoms with Crippen LogP contribution in [0, 0.1) is 5.82 Å². The molecule has 2 aromatic carbocycles. The first-order valence-electron chi connectivity index (χ1n) is 11.1. The highest BCUT2D eigenvalue weighted by atomic mass is 19.1. The van der Waals surface area contributed by atoms with E-state index in [0.717, 1.165) is 5.69 Å². The Kier molecular flexibility index (Phi) is 8.42. The number of carbonyl (C=O) groups is 3. The van der Waals surface area contributed by atoms with Gasteiger partial charge in [-0.05, 0) is 36.4 Å². The zero-order valence-electron chi connectivity index (χ0n) is 19.3. The van der Waals surface area contributed by atoms with Gasteiger partial charge >= 0.3 is 12.2 Å². The minimum atomic E-state index is -1.12. The van der Waals surface area contributed by atoms with E-state index >= 15 is 0 Å². The van der Waals surface area contributed by atoms with Crippen molar-refractivity contribution in [3.05, 3.63) is 66.0 Å². The van der Waals surface area contributed by atoms with Gasteiger partial charge in [-0.1, -0.05) is 18.2 Å². The van der Waals surface area contributed by atoms with E-state index in [-0.39, 0.29) is 23.2 Å². The van der Waals surface area contributed by atoms with E-state index in [4.69, 9.17) is 9.57 Å². The molecule has 2 amide bonds. The van der Waals surface area contributed by atoms with Crippen molar-refractivity contribution in [1.82, 2.24) is 10.6 Å². The number of alkyl carbamates (subject to hydrolysis) is 1. The largest absolute Gasteiger partial charge is 0.461 e. The first-order chi connectivity index (χ1) is 16.4. The molecule has 1 saturated heterocycles. The molecule has 9 nitrogen and oxygen atoms in total. The van der Waals surface area contributed by atoms with Crippen LogP contribution < -0.4 is 15.5 Å². The van der Waals surface area contributed by atoms with Crippen LogP contribution in [-0.2, 0) is 9.57 Å². The van der Waals surface area contributed by atoms with Gasteiger partial charge in [0, 0.05) is 31.8 Å². The van der Waals surface area contributed by atoms with Crippen LogP contribution in [0.4, 0.5) is 19.7 Å². The molecule has 1 atom stereocenters. The van der Waals surface area contributed by atoms with E-state index in [1.165, 1.54) is 38.4 Å². The van der Waals surface area contributed by atoms with Gasteiger partial charge in [0.15, 0.2) is 6.10 Å². The van der Waals surface area contributed by atoms with Crippen molar-refractivity contribution in [1.29, 1.82) is 0 Å². The molecule has 1 unspecified atom stereocenters. The Hall–Kier alpha value is -3.66. The number of Topliss-reactive ketones (excluding diaryl/α,β-unsaturated/α-hetero) is 1. The van der Waals surface area contributed by atoms with E-state index in [1.807, 2.05) is 30.3 Å². The highest BCUT2D eigenvalue weighted by Crippen LogP contribution is 2.23. The van der Waals surface area contributed by atoms with Gasteiger partial charge < -0.3 is 20.3 Å². The quantitative estimate of drug-likeness (QED) is 0.452. The summed E-state index contributed by atoms with van der Waals surface area (Å²) in [6.45, 7) is 2.49. The lowest BCUT2D eigenvalue weighted by Crippen LogP contribution is -2.61. The number of rotatable bonds is 8. The van der Waals surface area contributed by atoms with Crippen LogP contribution in [0.3, 0.4) is 0 Å². The molecule has 0 aliphatic carbocycles. The van der Waals surface area contributed by atoms with Crippen LogP contribution in [0.25, 0.3) is 0 Å². The summed E-state index contributed by atoms with van der Waals surface area (Å²) in [6.07, 6.45) is -2.35. The van der Waals surface area contributed by atoms with Crippen LogP contribution in [0.2, 0.25) is 0 Å². The van der Waals surface area contributed by atoms with Crippen LogP contribution in [-0.4, -0.2) is 75.5 Å². The Morgan fingerprint density at radius 1 is 0.971 bits per heavy atom. The lowest BCUT2D eigenvalue weighted by molar-refractivity contribution is -1.09. The number of nitrogens with zero attached hydrogens (tertiary/aromatic N) is 2. The maximum atomic E-state index is 13.3. The van der Waals surface area contributed by atoms with Crippen LogP contribution in [0.15, 0.2) is 54.6 Å². The number of benzene rings is 2. The van der Waals surface area contributed by atoms with Crippen LogP contribution >= 0.6 is 0 Å². The third kappa shape index (κ3) is 6.44. The summed E-state index contributed by atoms with van der Waals surface area (Å²) in [4.78, 5) is 45.0. The number of para-hydroxylation sites is 1. The molecule has 10 heteroatoms. The van der Waals surface area contributed by atoms with Crippen LogP contribution in [0.1, 0.15) is 16.8 Å². The maximum Gasteiger partial charge on any atom is 0.461 e. The molecule has 3 rings (SSSR count). The topological polar surface area (TPSA) is 97.0 Å². The van der Waals surface area contributed by atoms with Gasteiger partial charge in [0.2, 0.25) is 5.78 Å². The average Bonchev–Trinajstić information content (AvgIpc) is 2.87. The minimum absolute atomic E-state index is 0.0205. The van der Waals surface area contributed by atoms with E-state index in [9.17, 15) is 18.8 Å². The van der Waals surface area contributed by atoms with Gasteiger partial charge in [-0.25, -0.2) is 14.0 Å². The van der Waals surface area contributed by atoms with Crippen molar-refractivity contribution < 1.29 is 33.0 Å². The summed E-state index contributed by atoms with van der Waals surface area (Å²) >= 11 is 0. The highest BCUT2D eigenvalue weighted by molar-refractivity contribution is 6.00. The molecule has 1 aliphatic heterocycles. The van der Waals surface area contributed by atoms with Crippen molar-refractivity contribution >= 4 is 23.7 Å². The first kappa shape index (κ1) is 25.0. The molecule has 2 aromatic rings. The normalized spacial score (nSPS) is 15.7. The predicted octanol–water partition coefficient (Wildman–Crippen LogP) is 2.73. The summed E-state index contributed by atoms with van der Waals surface area (Å²) < 4.78 is 18.6. The monoisotopic (exact) mass is 473 g/mol. The Morgan fingerprint density at radius 2 is 1.59 bits per heavy atom. The number of hydrogen-bond donors (Lipinski definition) is 2. The Labute approximate surface area is 198 Å². The van der Waals surface area contributed by atoms with Gasteiger partial charge in [-0.3, -0.25) is 9.63 Å². The minimum Gasteiger partial charge on any atom is -0.438 e. The molecule has 1 aliphatic rings. The maximum absolute atomic E-state index is 13.3. The Bertz CT molecular complexity index is 979. The molecule has 0 spiro atoms. The van der Waals surface area contributed by atoms with Crippen molar-refractivity contribution in [2.45, 2.75) is 12.5 Å². The SMILES string of the molecule is CNC(=O)OC(CC[N+]1(OC(=O)NC)CCN(c2ccccc2)CC1)C(=O)c1ccc(F)cc1. The van der Waals surface area contributed by atoms with Crippen molar-refractivity contribution in [3.63, 3.8) is 0 Å². The smallest absolute Gasteiger partial charge is 0.438 e. The molecule has 0 bridgehead atoms. The summed E-state index contributed by atoms with van der Waals surface area (Å²) in [5.74, 6) is -0.926. The summed E-state index contributed by atoms with van der Waals surface area (Å²) in [5.41, 5.74) is 1.30. The zero-order valence-corrected chi connectivity index (χ0v) is 19.3. The summed E-state index contributed by atoms with van der Waals surface area (Å²) in [5, 5.41) is 4.82. The number of piperazine rings is 1. The number of amides is 2. The van der Waals surface area contributed by atoms with E-state index in [0.29, 0.717) is 26.2 Å². The van der Waals surface area contributed by atoms with Crippen molar-refractivity contribution in [3.8, 4) is 0 Å². The molecule has 182 valence electrons. The average molecular weight is 474 g/mol. The summed E-state index contributed by atoms with van der Waals surface area (Å²) in [6, 6.07) is 15.0. The molecular weight excluding hydrogens is 443 g/mol. The Balaban J connectivity index is 1.75. The molecular formula is C24H30FN4O5+. The number of hydrogen-bond acceptors (Lipinski definition) is 6. The number of hydroxylamine groups is 3. The van der Waals surface area contributed by atoms with Gasteiger partial charge in [0.05, 0.1) is 13.1 Å². The van der Waals surface area contributed by atoms with Gasteiger partial charge in [-0.2, -0.15) is 0 Å². The molecule has 1 fully saturated rings. The van der Waals surface area contributed by atoms with Crippen LogP contribution in [0.5, 0.6) is 0 Å². The number of nitrogens with one attached hydrogen (secondary N) is 2. The van der Waals surface area contributed by atoms with Crippen molar-refractivity contribution in [2.24, 2.45) is 0 Å². The Morgan fingerprint density at radius 3 is 2.18 bits per heavy atom. The number of ether oxygens (including phenoxy) is 1. The highest BCUT2D eigenvalue weighted by Gasteiger charge is 2.40. The molecule has 0 saturated carbocycles. The molecule has 2 N–H and O–H groups in total. The molecule has 1 heterocycles. The number of halogens is 1. The molecule has 0 aromatic heterocycles. The first-order valence-corrected chi connectivity index (χ1v) is 11.1. The fourth-order valence-electron chi connectivity index (χ4n) is 3.89. The predicted molar refractivity (Wildman–Crippen MR) is 124 cm³/mol. The molecule has 34 heavy (non-hydrogen) atoms. The van der Waals surface area contributed by atoms with Crippen molar-refractivity contribution in [2.75, 3.05) is 51.7 Å². The summed E-state index contributed by atoms with van der Waals surface area (Å²) in [7, 11) is 2.88. The van der Waals surface area contributed by atoms with Gasteiger partial charge in [0.25, 0.3) is 0 Å². The third-order valence-corrected chi connectivity index (χ3v) is 5.83. The second-order valence-corrected chi connectivity index (χ2v) is 7.98. The zero-order chi connectivity index (χ0) is 24.6. The fourth-order valence-corrected chi connectivity index (χ4v) is 3.89. The van der Waals surface area contributed by atoms with E-state index in [1.54, 1.807) is 0 Å². The standard InChI is InChI=1S/C24H29FN4O5/c1-26-23(31)33-21(22(30)18-8-10-19(25)11-9-18)12-15-29(34-24(32)27-2)16-13-28(14-17-29)20-6-4-3-5-7-20/h3-11,21H,12-17H2,1-2H3,(H-,26,27,31,32)/p+1. The van der Waals surface area contributed by atoms with E-state index in [2.05, 4.69) is 15.5 Å². The van der Waals surface area contributed by atoms with Gasteiger partial charge in [0.1, 0.15) is 25.5 Å². The number of ketones is 1. The second-order valence-electron chi connectivity index (χ2n) is 7.98. The number of quaternary nitrogens is 1. The number of anilines is 1.